The van der Waals surface area contributed by atoms with E-state index in [-0.39, 0.29) is 0 Å². The van der Waals surface area contributed by atoms with Crippen LogP contribution in [0.25, 0.3) is 0 Å². The number of thioether (sulfide) groups is 1. The number of hydrogen-bond donors (Lipinski definition) is 0. The van der Waals surface area contributed by atoms with Crippen molar-refractivity contribution < 1.29 is 4.79 Å². The summed E-state index contributed by atoms with van der Waals surface area (Å²) in [6.45, 7) is 0. The van der Waals surface area contributed by atoms with E-state index in [1.54, 1.807) is 0 Å². The van der Waals surface area contributed by atoms with E-state index < -0.39 is 0 Å². The summed E-state index contributed by atoms with van der Waals surface area (Å²) >= 11 is 6.97. The Morgan fingerprint density at radius 1 is 1.05 bits per heavy atom. The van der Waals surface area contributed by atoms with Crippen LogP contribution < -0.4 is 0 Å². The van der Waals surface area contributed by atoms with Gasteiger partial charge in [-0.1, -0.05) is 6.42 Å². The average molecular weight is 522 g/mol. The summed E-state index contributed by atoms with van der Waals surface area (Å²) < 4.78 is 2.51. The molecule has 0 spiro atoms. The van der Waals surface area contributed by atoms with Crippen LogP contribution in [0.4, 0.5) is 0 Å². The molecule has 2 saturated heterocycles. The lowest BCUT2D eigenvalue weighted by Crippen LogP contribution is -2.45. The molecule has 1 nitrogen and oxygen atoms in total. The van der Waals surface area contributed by atoms with Crippen molar-refractivity contribution in [1.29, 1.82) is 0 Å². The highest BCUT2D eigenvalue weighted by molar-refractivity contribution is 14.1. The Balaban J connectivity index is 1.62. The molecule has 2 bridgehead atoms. The quantitative estimate of drug-likeness (QED) is 0.457. The third-order valence-corrected chi connectivity index (χ3v) is 9.74. The molecule has 4 aliphatic rings. The number of rotatable bonds is 0. The Morgan fingerprint density at radius 3 is 2.62 bits per heavy atom. The van der Waals surface area contributed by atoms with Gasteiger partial charge in [-0.05, 0) is 99.9 Å². The van der Waals surface area contributed by atoms with Crippen LogP contribution in [0.15, 0.2) is 12.1 Å². The topological polar surface area (TPSA) is 17.1 Å². The lowest BCUT2D eigenvalue weighted by Gasteiger charge is -2.39. The highest BCUT2D eigenvalue weighted by Crippen LogP contribution is 2.65. The first-order chi connectivity index (χ1) is 10.1. The summed E-state index contributed by atoms with van der Waals surface area (Å²) in [7, 11) is 0. The Hall–Kier alpha value is 0.700. The summed E-state index contributed by atoms with van der Waals surface area (Å²) in [6, 6.07) is 4.37. The standard InChI is InChI=1S/C17H16I2OS/c18-7-4-11-10(13(19)5-7)6-12-14(15(11)20)17-9-3-1-2-8(9)16(12)21-17/h4-5,8-9,12,14,16-17H,1-3,6H2. The van der Waals surface area contributed by atoms with E-state index in [1.807, 2.05) is 0 Å². The van der Waals surface area contributed by atoms with Crippen LogP contribution in [-0.4, -0.2) is 16.3 Å². The van der Waals surface area contributed by atoms with Gasteiger partial charge in [0.05, 0.1) is 0 Å². The first kappa shape index (κ1) is 14.1. The fourth-order valence-corrected chi connectivity index (χ4v) is 9.94. The second-order valence-corrected chi connectivity index (χ2v) is 10.8. The molecule has 2 aliphatic carbocycles. The average Bonchev–Trinajstić information content (AvgIpc) is 3.10. The maximum absolute atomic E-state index is 13.2. The van der Waals surface area contributed by atoms with Gasteiger partial charge in [0.2, 0.25) is 0 Å². The monoisotopic (exact) mass is 522 g/mol. The van der Waals surface area contributed by atoms with Crippen LogP contribution in [0.2, 0.25) is 0 Å². The number of ketones is 1. The Kier molecular flexibility index (Phi) is 3.25. The van der Waals surface area contributed by atoms with Gasteiger partial charge in [0.1, 0.15) is 0 Å². The van der Waals surface area contributed by atoms with Crippen molar-refractivity contribution in [1.82, 2.24) is 0 Å². The number of Topliss-reactive ketones (excluding diaryl/α,β-unsaturated/α-hetero) is 1. The lowest BCUT2D eigenvalue weighted by atomic mass is 9.62. The van der Waals surface area contributed by atoms with Crippen molar-refractivity contribution in [3.63, 3.8) is 0 Å². The van der Waals surface area contributed by atoms with Gasteiger partial charge in [0, 0.05) is 29.1 Å². The summed E-state index contributed by atoms with van der Waals surface area (Å²) in [5.74, 6) is 3.22. The van der Waals surface area contributed by atoms with Gasteiger partial charge in [-0.3, -0.25) is 4.79 Å². The molecule has 0 amide bonds. The Bertz CT molecular complexity index is 658. The second-order valence-electron chi connectivity index (χ2n) is 7.00. The molecule has 6 atom stereocenters. The van der Waals surface area contributed by atoms with E-state index >= 15 is 0 Å². The molecule has 21 heavy (non-hydrogen) atoms. The molecule has 3 fully saturated rings. The van der Waals surface area contributed by atoms with Crippen molar-refractivity contribution in [3.05, 3.63) is 30.4 Å². The van der Waals surface area contributed by atoms with Crippen LogP contribution >= 0.6 is 56.9 Å². The van der Waals surface area contributed by atoms with Gasteiger partial charge in [-0.25, -0.2) is 0 Å². The number of fused-ring (bicyclic) bond motifs is 9. The summed E-state index contributed by atoms with van der Waals surface area (Å²) in [5.41, 5.74) is 2.40. The minimum Gasteiger partial charge on any atom is -0.294 e. The van der Waals surface area contributed by atoms with Crippen LogP contribution in [0.5, 0.6) is 0 Å². The van der Waals surface area contributed by atoms with Crippen LogP contribution in [0, 0.1) is 30.8 Å². The molecule has 0 aromatic heterocycles. The SMILES string of the molecule is O=C1c2cc(I)cc(I)c2CC2C3SC(C4CCCC43)C12. The van der Waals surface area contributed by atoms with E-state index in [2.05, 4.69) is 69.1 Å². The summed E-state index contributed by atoms with van der Waals surface area (Å²) in [5, 5.41) is 1.42. The van der Waals surface area contributed by atoms with E-state index in [9.17, 15) is 4.79 Å². The molecule has 2 heterocycles. The first-order valence-electron chi connectivity index (χ1n) is 7.83. The molecule has 1 aromatic rings. The van der Waals surface area contributed by atoms with Crippen molar-refractivity contribution in [2.24, 2.45) is 23.7 Å². The van der Waals surface area contributed by atoms with Crippen LogP contribution in [0.3, 0.4) is 0 Å². The second kappa shape index (κ2) is 4.85. The molecule has 5 rings (SSSR count). The smallest absolute Gasteiger partial charge is 0.167 e. The number of carbonyl (C=O) groups is 1. The molecule has 110 valence electrons. The fourth-order valence-electron chi connectivity index (χ4n) is 5.47. The van der Waals surface area contributed by atoms with E-state index in [1.165, 1.54) is 32.0 Å². The lowest BCUT2D eigenvalue weighted by molar-refractivity contribution is 0.0769. The normalized spacial score (nSPS) is 42.9. The number of benzene rings is 1. The third-order valence-electron chi connectivity index (χ3n) is 6.19. The molecule has 6 unspecified atom stereocenters. The number of carbonyl (C=O) groups excluding carboxylic acids is 1. The largest absolute Gasteiger partial charge is 0.294 e. The predicted molar refractivity (Wildman–Crippen MR) is 103 cm³/mol. The van der Waals surface area contributed by atoms with E-state index in [4.69, 9.17) is 0 Å². The van der Waals surface area contributed by atoms with Crippen molar-refractivity contribution in [2.45, 2.75) is 36.2 Å². The maximum atomic E-state index is 13.2. The molecule has 1 aromatic carbocycles. The number of halogens is 2. The van der Waals surface area contributed by atoms with E-state index in [0.717, 1.165) is 29.1 Å². The van der Waals surface area contributed by atoms with Gasteiger partial charge in [0.15, 0.2) is 5.78 Å². The van der Waals surface area contributed by atoms with Crippen molar-refractivity contribution in [3.8, 4) is 0 Å². The fraction of sp³-hybridized carbons (Fsp3) is 0.588. The summed E-state index contributed by atoms with van der Waals surface area (Å²) in [6.07, 6.45) is 5.36. The summed E-state index contributed by atoms with van der Waals surface area (Å²) in [4.78, 5) is 13.2. The first-order valence-corrected chi connectivity index (χ1v) is 10.9. The van der Waals surface area contributed by atoms with Gasteiger partial charge in [0.25, 0.3) is 0 Å². The highest BCUT2D eigenvalue weighted by Gasteiger charge is 2.62. The van der Waals surface area contributed by atoms with Crippen LogP contribution in [0.1, 0.15) is 35.2 Å². The van der Waals surface area contributed by atoms with Crippen LogP contribution in [-0.2, 0) is 6.42 Å². The van der Waals surface area contributed by atoms with Crippen molar-refractivity contribution in [2.75, 3.05) is 0 Å². The van der Waals surface area contributed by atoms with E-state index in [0.29, 0.717) is 22.9 Å². The zero-order valence-electron chi connectivity index (χ0n) is 11.5. The molecule has 0 radical (unpaired) electrons. The van der Waals surface area contributed by atoms with Gasteiger partial charge < -0.3 is 0 Å². The zero-order valence-corrected chi connectivity index (χ0v) is 16.7. The highest BCUT2D eigenvalue weighted by atomic mass is 127. The molecule has 4 heteroatoms. The number of hydrogen-bond acceptors (Lipinski definition) is 2. The molecule has 0 N–H and O–H groups in total. The minimum atomic E-state index is 0.334. The van der Waals surface area contributed by atoms with Gasteiger partial charge >= 0.3 is 0 Å². The molecular weight excluding hydrogens is 506 g/mol. The Labute approximate surface area is 156 Å². The van der Waals surface area contributed by atoms with Crippen molar-refractivity contribution >= 4 is 62.7 Å². The zero-order chi connectivity index (χ0) is 14.3. The molecule has 1 saturated carbocycles. The Morgan fingerprint density at radius 2 is 1.81 bits per heavy atom. The molecule has 2 aliphatic heterocycles. The third kappa shape index (κ3) is 1.84. The minimum absolute atomic E-state index is 0.334. The maximum Gasteiger partial charge on any atom is 0.167 e. The molecular formula is C17H16I2OS. The van der Waals surface area contributed by atoms with Gasteiger partial charge in [-0.15, -0.1) is 0 Å². The predicted octanol–water partition coefficient (Wildman–Crippen LogP) is 4.78. The van der Waals surface area contributed by atoms with Gasteiger partial charge in [-0.2, -0.15) is 11.8 Å².